The predicted octanol–water partition coefficient (Wildman–Crippen LogP) is 4.16. The van der Waals surface area contributed by atoms with E-state index >= 15 is 0 Å². The van der Waals surface area contributed by atoms with Crippen LogP contribution in [0, 0.1) is 0 Å². The third-order valence-electron chi connectivity index (χ3n) is 3.99. The van der Waals surface area contributed by atoms with E-state index in [2.05, 4.69) is 15.6 Å². The molecule has 7 nitrogen and oxygen atoms in total. The Labute approximate surface area is 167 Å². The number of nitrogens with one attached hydrogen (secondary N) is 2. The molecule has 0 aliphatic heterocycles. The van der Waals surface area contributed by atoms with Gasteiger partial charge in [-0.05, 0) is 29.8 Å². The van der Waals surface area contributed by atoms with Gasteiger partial charge in [0.1, 0.15) is 5.75 Å². The molecule has 0 saturated carbocycles. The molecule has 28 heavy (non-hydrogen) atoms. The molecule has 0 atom stereocenters. The maximum Gasteiger partial charge on any atom is 0.321 e. The highest BCUT2D eigenvalue weighted by Crippen LogP contribution is 2.28. The second-order valence-electron chi connectivity index (χ2n) is 5.77. The topological polar surface area (TPSA) is 81.7 Å². The van der Waals surface area contributed by atoms with E-state index in [1.165, 1.54) is 11.3 Å². The summed E-state index contributed by atoms with van der Waals surface area (Å²) in [6.45, 7) is 0.348. The molecular formula is C20H21N3O4S. The van der Waals surface area contributed by atoms with Crippen LogP contribution < -0.4 is 24.8 Å². The lowest BCUT2D eigenvalue weighted by Gasteiger charge is -2.10. The van der Waals surface area contributed by atoms with Crippen LogP contribution in [-0.4, -0.2) is 32.3 Å². The largest absolute Gasteiger partial charge is 0.497 e. The van der Waals surface area contributed by atoms with Crippen molar-refractivity contribution in [3.63, 3.8) is 0 Å². The van der Waals surface area contributed by atoms with Crippen LogP contribution >= 0.6 is 11.3 Å². The van der Waals surface area contributed by atoms with Gasteiger partial charge in [0.05, 0.1) is 27.0 Å². The number of ether oxygens (including phenoxy) is 3. The lowest BCUT2D eigenvalue weighted by molar-refractivity contribution is 0.251. The van der Waals surface area contributed by atoms with Crippen LogP contribution in [0.3, 0.4) is 0 Å². The average Bonchev–Trinajstić information content (AvgIpc) is 3.20. The first-order chi connectivity index (χ1) is 13.6. The van der Waals surface area contributed by atoms with E-state index in [1.54, 1.807) is 27.4 Å². The summed E-state index contributed by atoms with van der Waals surface area (Å²) in [6.07, 6.45) is 0. The third-order valence-corrected chi connectivity index (χ3v) is 4.75. The number of aromatic nitrogens is 1. The van der Waals surface area contributed by atoms with Gasteiger partial charge in [-0.2, -0.15) is 0 Å². The number of amides is 2. The number of hydrogen-bond acceptors (Lipinski definition) is 6. The molecule has 0 saturated heterocycles. The van der Waals surface area contributed by atoms with Crippen molar-refractivity contribution in [2.24, 2.45) is 0 Å². The van der Waals surface area contributed by atoms with Crippen molar-refractivity contribution in [2.75, 3.05) is 26.6 Å². The molecule has 0 spiro atoms. The number of thiazole rings is 1. The third kappa shape index (κ3) is 4.72. The van der Waals surface area contributed by atoms with Gasteiger partial charge in [0.25, 0.3) is 0 Å². The Morgan fingerprint density at radius 1 is 1.04 bits per heavy atom. The summed E-state index contributed by atoms with van der Waals surface area (Å²) in [5.74, 6) is 2.02. The number of carbonyl (C=O) groups excluding carboxylic acids is 1. The first-order valence-electron chi connectivity index (χ1n) is 8.48. The Morgan fingerprint density at radius 2 is 1.86 bits per heavy atom. The van der Waals surface area contributed by atoms with E-state index in [9.17, 15) is 4.79 Å². The molecule has 2 aromatic carbocycles. The SMILES string of the molecule is COc1cccc(-c2csc(NC(=O)NCc3ccc(OC)c(OC)c3)n2)c1. The number of methoxy groups -OCH3 is 3. The zero-order valence-electron chi connectivity index (χ0n) is 15.8. The van der Waals surface area contributed by atoms with Crippen molar-refractivity contribution in [1.82, 2.24) is 10.3 Å². The maximum absolute atomic E-state index is 12.2. The van der Waals surface area contributed by atoms with Gasteiger partial charge in [-0.1, -0.05) is 18.2 Å². The summed E-state index contributed by atoms with van der Waals surface area (Å²) in [6, 6.07) is 12.8. The van der Waals surface area contributed by atoms with Crippen LogP contribution in [-0.2, 0) is 6.54 Å². The molecule has 146 valence electrons. The second kappa shape index (κ2) is 9.09. The van der Waals surface area contributed by atoms with E-state index in [4.69, 9.17) is 14.2 Å². The second-order valence-corrected chi connectivity index (χ2v) is 6.62. The van der Waals surface area contributed by atoms with Crippen molar-refractivity contribution in [3.8, 4) is 28.5 Å². The molecule has 0 aliphatic rings. The van der Waals surface area contributed by atoms with Gasteiger partial charge in [-0.3, -0.25) is 5.32 Å². The van der Waals surface area contributed by atoms with Crippen molar-refractivity contribution >= 4 is 22.5 Å². The first-order valence-corrected chi connectivity index (χ1v) is 9.36. The molecule has 2 N–H and O–H groups in total. The molecule has 0 radical (unpaired) electrons. The molecule has 1 aromatic heterocycles. The van der Waals surface area contributed by atoms with Crippen molar-refractivity contribution < 1.29 is 19.0 Å². The number of carbonyl (C=O) groups is 1. The molecule has 3 rings (SSSR count). The van der Waals surface area contributed by atoms with E-state index in [1.807, 2.05) is 41.8 Å². The van der Waals surface area contributed by atoms with Crippen LogP contribution in [0.5, 0.6) is 17.2 Å². The minimum Gasteiger partial charge on any atom is -0.497 e. The minimum absolute atomic E-state index is 0.332. The fraction of sp³-hybridized carbons (Fsp3) is 0.200. The first kappa shape index (κ1) is 19.5. The molecule has 3 aromatic rings. The molecule has 0 unspecified atom stereocenters. The van der Waals surface area contributed by atoms with E-state index in [0.717, 1.165) is 22.6 Å². The number of anilines is 1. The maximum atomic E-state index is 12.2. The van der Waals surface area contributed by atoms with Crippen LogP contribution in [0.4, 0.5) is 9.93 Å². The fourth-order valence-corrected chi connectivity index (χ4v) is 3.28. The van der Waals surface area contributed by atoms with Crippen LogP contribution in [0.15, 0.2) is 47.8 Å². The van der Waals surface area contributed by atoms with Crippen molar-refractivity contribution in [2.45, 2.75) is 6.54 Å². The number of benzene rings is 2. The molecule has 0 fully saturated rings. The van der Waals surface area contributed by atoms with Crippen LogP contribution in [0.2, 0.25) is 0 Å². The Balaban J connectivity index is 1.59. The average molecular weight is 399 g/mol. The van der Waals surface area contributed by atoms with E-state index in [0.29, 0.717) is 23.2 Å². The Kier molecular flexibility index (Phi) is 6.33. The minimum atomic E-state index is -0.332. The summed E-state index contributed by atoms with van der Waals surface area (Å²) in [5, 5.41) is 7.96. The molecular weight excluding hydrogens is 378 g/mol. The van der Waals surface area contributed by atoms with Gasteiger partial charge in [0.2, 0.25) is 0 Å². The zero-order valence-corrected chi connectivity index (χ0v) is 16.6. The monoisotopic (exact) mass is 399 g/mol. The predicted molar refractivity (Wildman–Crippen MR) is 110 cm³/mol. The quantitative estimate of drug-likeness (QED) is 0.624. The highest BCUT2D eigenvalue weighted by molar-refractivity contribution is 7.14. The highest BCUT2D eigenvalue weighted by atomic mass is 32.1. The fourth-order valence-electron chi connectivity index (χ4n) is 2.56. The highest BCUT2D eigenvalue weighted by Gasteiger charge is 2.10. The Hall–Kier alpha value is -3.26. The smallest absolute Gasteiger partial charge is 0.321 e. The normalized spacial score (nSPS) is 10.2. The van der Waals surface area contributed by atoms with Crippen LogP contribution in [0.25, 0.3) is 11.3 Å². The summed E-state index contributed by atoms with van der Waals surface area (Å²) in [7, 11) is 4.77. The zero-order chi connectivity index (χ0) is 19.9. The molecule has 0 aliphatic carbocycles. The molecule has 1 heterocycles. The number of urea groups is 1. The van der Waals surface area contributed by atoms with Gasteiger partial charge in [0.15, 0.2) is 16.6 Å². The number of nitrogens with zero attached hydrogens (tertiary/aromatic N) is 1. The number of hydrogen-bond donors (Lipinski definition) is 2. The summed E-state index contributed by atoms with van der Waals surface area (Å²) >= 11 is 1.36. The lowest BCUT2D eigenvalue weighted by atomic mass is 10.2. The van der Waals surface area contributed by atoms with Crippen molar-refractivity contribution in [1.29, 1.82) is 0 Å². The van der Waals surface area contributed by atoms with Gasteiger partial charge in [0, 0.05) is 17.5 Å². The lowest BCUT2D eigenvalue weighted by Crippen LogP contribution is -2.28. The summed E-state index contributed by atoms with van der Waals surface area (Å²) in [5.41, 5.74) is 2.59. The molecule has 2 amide bonds. The molecule has 0 bridgehead atoms. The van der Waals surface area contributed by atoms with Gasteiger partial charge >= 0.3 is 6.03 Å². The van der Waals surface area contributed by atoms with Gasteiger partial charge in [-0.25, -0.2) is 9.78 Å². The van der Waals surface area contributed by atoms with Gasteiger partial charge in [-0.15, -0.1) is 11.3 Å². The van der Waals surface area contributed by atoms with E-state index in [-0.39, 0.29) is 6.03 Å². The standard InChI is InChI=1S/C20H21N3O4S/c1-25-15-6-4-5-14(10-15)16-12-28-20(22-16)23-19(24)21-11-13-7-8-17(26-2)18(9-13)27-3/h4-10,12H,11H2,1-3H3,(H2,21,22,23,24). The van der Waals surface area contributed by atoms with E-state index < -0.39 is 0 Å². The van der Waals surface area contributed by atoms with Crippen LogP contribution in [0.1, 0.15) is 5.56 Å². The summed E-state index contributed by atoms with van der Waals surface area (Å²) in [4.78, 5) is 16.6. The Morgan fingerprint density at radius 3 is 2.61 bits per heavy atom. The number of rotatable bonds is 7. The van der Waals surface area contributed by atoms with Gasteiger partial charge < -0.3 is 19.5 Å². The Bertz CT molecular complexity index is 958. The van der Waals surface area contributed by atoms with Crippen molar-refractivity contribution in [3.05, 3.63) is 53.4 Å². The molecule has 8 heteroatoms. The summed E-state index contributed by atoms with van der Waals surface area (Å²) < 4.78 is 15.7.